The molecular weight excluding hydrogens is 645 g/mol. The molecule has 2 aliphatic heterocycles. The van der Waals surface area contributed by atoms with Gasteiger partial charge in [0.2, 0.25) is 5.95 Å². The van der Waals surface area contributed by atoms with Crippen molar-refractivity contribution >= 4 is 72.6 Å². The van der Waals surface area contributed by atoms with Gasteiger partial charge in [0.1, 0.15) is 11.6 Å². The lowest BCUT2D eigenvalue weighted by molar-refractivity contribution is -0.140. The zero-order valence-electron chi connectivity index (χ0n) is 21.6. The first-order valence-electron chi connectivity index (χ1n) is 12.4. The maximum Gasteiger partial charge on any atom is 0.260 e. The fraction of sp³-hybridized carbons (Fsp3) is 0.346. The average Bonchev–Trinajstić information content (AvgIpc) is 3.43. The third kappa shape index (κ3) is 5.05. The number of carbonyl (C=O) groups is 2. The lowest BCUT2D eigenvalue weighted by atomic mass is 9.92. The van der Waals surface area contributed by atoms with E-state index in [-0.39, 0.29) is 49.5 Å². The van der Waals surface area contributed by atoms with Crippen LogP contribution in [-0.4, -0.2) is 76.4 Å². The highest BCUT2D eigenvalue weighted by Gasteiger charge is 2.52. The van der Waals surface area contributed by atoms with Crippen molar-refractivity contribution in [1.82, 2.24) is 18.8 Å². The standard InChI is InChI=1S/C26H26BrCl2N5O5S/c1-16(35)23(36)31-7-9-32(10-8-31)40(38,39)22-15-30-25-33(21-12-19(28)11-20(29)13-21)24(37)26(2,34(22)25)14-17-3-5-18(27)6-4-17/h3-6,11-13,15-16,35H,7-10,14H2,1-2H3. The van der Waals surface area contributed by atoms with E-state index in [1.54, 1.807) is 25.1 Å². The summed E-state index contributed by atoms with van der Waals surface area (Å²) in [4.78, 5) is 33.6. The second-order valence-corrected chi connectivity index (χ2v) is 13.7. The van der Waals surface area contributed by atoms with E-state index in [9.17, 15) is 23.1 Å². The molecule has 2 aliphatic rings. The number of amides is 2. The van der Waals surface area contributed by atoms with Gasteiger partial charge in [0.15, 0.2) is 5.03 Å². The zero-order valence-corrected chi connectivity index (χ0v) is 25.5. The van der Waals surface area contributed by atoms with Crippen LogP contribution >= 0.6 is 39.1 Å². The Morgan fingerprint density at radius 3 is 2.27 bits per heavy atom. The van der Waals surface area contributed by atoms with Gasteiger partial charge in [-0.05, 0) is 49.7 Å². The molecule has 1 fully saturated rings. The minimum Gasteiger partial charge on any atom is -0.384 e. The molecule has 0 bridgehead atoms. The molecule has 2 atom stereocenters. The molecule has 40 heavy (non-hydrogen) atoms. The highest BCUT2D eigenvalue weighted by molar-refractivity contribution is 9.10. The number of aromatic nitrogens is 2. The number of sulfonamides is 1. The number of aliphatic hydroxyl groups is 1. The molecule has 1 saturated heterocycles. The van der Waals surface area contributed by atoms with Gasteiger partial charge in [-0.25, -0.2) is 18.3 Å². The first-order valence-corrected chi connectivity index (χ1v) is 15.4. The number of aliphatic hydroxyl groups excluding tert-OH is 1. The van der Waals surface area contributed by atoms with Crippen molar-refractivity contribution in [1.29, 1.82) is 0 Å². The predicted octanol–water partition coefficient (Wildman–Crippen LogP) is 3.80. The van der Waals surface area contributed by atoms with Crippen molar-refractivity contribution in [3.05, 3.63) is 68.7 Å². The molecule has 1 N–H and O–H groups in total. The average molecular weight is 671 g/mol. The summed E-state index contributed by atoms with van der Waals surface area (Å²) >= 11 is 15.9. The van der Waals surface area contributed by atoms with Gasteiger partial charge in [-0.1, -0.05) is 51.3 Å². The van der Waals surface area contributed by atoms with Gasteiger partial charge in [-0.3, -0.25) is 14.2 Å². The Morgan fingerprint density at radius 2 is 1.70 bits per heavy atom. The fourth-order valence-corrected chi connectivity index (χ4v) is 7.55. The first-order chi connectivity index (χ1) is 18.8. The van der Waals surface area contributed by atoms with E-state index in [1.165, 1.54) is 31.8 Å². The number of hydrogen-bond donors (Lipinski definition) is 1. The SMILES string of the molecule is CC(O)C(=O)N1CCN(S(=O)(=O)c2cnc3n2C(C)(Cc2ccc(Br)cc2)C(=O)N3c2cc(Cl)cc(Cl)c2)CC1. The molecule has 3 aromatic rings. The van der Waals surface area contributed by atoms with E-state index in [2.05, 4.69) is 20.9 Å². The summed E-state index contributed by atoms with van der Waals surface area (Å²) in [5.74, 6) is -0.712. The van der Waals surface area contributed by atoms with Gasteiger partial charge < -0.3 is 10.0 Å². The van der Waals surface area contributed by atoms with E-state index in [0.29, 0.717) is 15.7 Å². The van der Waals surface area contributed by atoms with E-state index in [0.717, 1.165) is 10.0 Å². The van der Waals surface area contributed by atoms with Crippen LogP contribution in [0.5, 0.6) is 0 Å². The summed E-state index contributed by atoms with van der Waals surface area (Å²) in [5, 5.41) is 10.1. The highest BCUT2D eigenvalue weighted by Crippen LogP contribution is 2.45. The molecule has 1 aromatic heterocycles. The number of nitrogens with zero attached hydrogens (tertiary/aromatic N) is 5. The Morgan fingerprint density at radius 1 is 1.10 bits per heavy atom. The molecule has 0 aliphatic carbocycles. The van der Waals surface area contributed by atoms with Gasteiger partial charge in [0.05, 0.1) is 11.9 Å². The summed E-state index contributed by atoms with van der Waals surface area (Å²) in [6.45, 7) is 3.40. The molecule has 14 heteroatoms. The van der Waals surface area contributed by atoms with Crippen LogP contribution < -0.4 is 4.90 Å². The number of piperazine rings is 1. The molecule has 0 radical (unpaired) electrons. The molecule has 10 nitrogen and oxygen atoms in total. The lowest BCUT2D eigenvalue weighted by Gasteiger charge is -2.35. The third-order valence-electron chi connectivity index (χ3n) is 7.15. The number of rotatable bonds is 6. The molecular formula is C26H26BrCl2N5O5S. The first kappa shape index (κ1) is 29.0. The van der Waals surface area contributed by atoms with E-state index in [1.807, 2.05) is 24.3 Å². The second kappa shape index (κ2) is 10.7. The number of hydrogen-bond acceptors (Lipinski definition) is 6. The van der Waals surface area contributed by atoms with Crippen LogP contribution in [0.2, 0.25) is 10.0 Å². The van der Waals surface area contributed by atoms with E-state index in [4.69, 9.17) is 23.2 Å². The van der Waals surface area contributed by atoms with Crippen LogP contribution in [-0.2, 0) is 31.6 Å². The number of benzene rings is 2. The molecule has 2 unspecified atom stereocenters. The van der Waals surface area contributed by atoms with E-state index < -0.39 is 27.6 Å². The minimum absolute atomic E-state index is 0.0340. The Kier molecular flexibility index (Phi) is 7.79. The van der Waals surface area contributed by atoms with Crippen molar-refractivity contribution < 1.29 is 23.1 Å². The Bertz CT molecular complexity index is 1570. The van der Waals surface area contributed by atoms with Crippen LogP contribution in [0.4, 0.5) is 11.6 Å². The van der Waals surface area contributed by atoms with Crippen LogP contribution in [0.3, 0.4) is 0 Å². The van der Waals surface area contributed by atoms with Gasteiger partial charge in [0.25, 0.3) is 21.8 Å². The van der Waals surface area contributed by atoms with Gasteiger partial charge in [0, 0.05) is 47.1 Å². The number of halogens is 3. The summed E-state index contributed by atoms with van der Waals surface area (Å²) < 4.78 is 31.6. The van der Waals surface area contributed by atoms with Gasteiger partial charge >= 0.3 is 0 Å². The quantitative estimate of drug-likeness (QED) is 0.427. The Hall–Kier alpha value is -2.48. The van der Waals surface area contributed by atoms with Crippen molar-refractivity contribution in [3.8, 4) is 0 Å². The highest BCUT2D eigenvalue weighted by atomic mass is 79.9. The molecule has 0 spiro atoms. The predicted molar refractivity (Wildman–Crippen MR) is 154 cm³/mol. The number of anilines is 2. The van der Waals surface area contributed by atoms with Gasteiger partial charge in [-0.15, -0.1) is 0 Å². The smallest absolute Gasteiger partial charge is 0.260 e. The van der Waals surface area contributed by atoms with Crippen molar-refractivity contribution in [2.45, 2.75) is 36.9 Å². The summed E-state index contributed by atoms with van der Waals surface area (Å²) in [6, 6.07) is 12.1. The monoisotopic (exact) mass is 669 g/mol. The van der Waals surface area contributed by atoms with Crippen LogP contribution in [0, 0.1) is 0 Å². The lowest BCUT2D eigenvalue weighted by Crippen LogP contribution is -2.53. The largest absolute Gasteiger partial charge is 0.384 e. The second-order valence-electron chi connectivity index (χ2n) is 9.98. The summed E-state index contributed by atoms with van der Waals surface area (Å²) in [7, 11) is -4.13. The molecule has 0 saturated carbocycles. The summed E-state index contributed by atoms with van der Waals surface area (Å²) in [6.07, 6.45) is 0.271. The molecule has 2 amide bonds. The van der Waals surface area contributed by atoms with Crippen molar-refractivity contribution in [2.24, 2.45) is 0 Å². The maximum atomic E-state index is 14.2. The zero-order chi connectivity index (χ0) is 29.0. The van der Waals surface area contributed by atoms with Crippen molar-refractivity contribution in [3.63, 3.8) is 0 Å². The maximum absolute atomic E-state index is 14.2. The fourth-order valence-electron chi connectivity index (χ4n) is 5.16. The van der Waals surface area contributed by atoms with Crippen molar-refractivity contribution in [2.75, 3.05) is 31.1 Å². The number of carbonyl (C=O) groups excluding carboxylic acids is 2. The summed E-state index contributed by atoms with van der Waals surface area (Å²) in [5.41, 5.74) is -0.178. The third-order valence-corrected chi connectivity index (χ3v) is 9.97. The molecule has 3 heterocycles. The normalized spacial score (nSPS) is 20.6. The minimum atomic E-state index is -4.13. The number of imidazole rings is 1. The van der Waals surface area contributed by atoms with Crippen LogP contribution in [0.15, 0.2) is 58.2 Å². The molecule has 212 valence electrons. The topological polar surface area (TPSA) is 116 Å². The van der Waals surface area contributed by atoms with Gasteiger partial charge in [-0.2, -0.15) is 4.31 Å². The van der Waals surface area contributed by atoms with E-state index >= 15 is 0 Å². The van der Waals surface area contributed by atoms with Crippen LogP contribution in [0.25, 0.3) is 0 Å². The number of fused-ring (bicyclic) bond motifs is 1. The van der Waals surface area contributed by atoms with Crippen LogP contribution in [0.1, 0.15) is 19.4 Å². The Labute approximate surface area is 250 Å². The Balaban J connectivity index is 1.58. The molecule has 2 aromatic carbocycles. The molecule has 5 rings (SSSR count).